The van der Waals surface area contributed by atoms with Gasteiger partial charge in [-0.1, -0.05) is 13.0 Å². The van der Waals surface area contributed by atoms with Gasteiger partial charge < -0.3 is 5.32 Å². The zero-order valence-electron chi connectivity index (χ0n) is 11.1. The minimum Gasteiger partial charge on any atom is -0.313 e. The fourth-order valence-electron chi connectivity index (χ4n) is 2.06. The average molecular weight is 339 g/mol. The summed E-state index contributed by atoms with van der Waals surface area (Å²) in [6.45, 7) is 3.27. The SMILES string of the molecule is CCCNC(Cc1cccnc1)Cc1sccc1Br. The molecule has 2 nitrogen and oxygen atoms in total. The topological polar surface area (TPSA) is 24.9 Å². The fraction of sp³-hybridized carbons (Fsp3) is 0.400. The van der Waals surface area contributed by atoms with Crippen molar-refractivity contribution in [2.45, 2.75) is 32.2 Å². The second-order valence-corrected chi connectivity index (χ2v) is 6.47. The molecule has 0 fully saturated rings. The van der Waals surface area contributed by atoms with E-state index in [1.54, 1.807) is 0 Å². The van der Waals surface area contributed by atoms with Gasteiger partial charge in [-0.15, -0.1) is 11.3 Å². The smallest absolute Gasteiger partial charge is 0.0314 e. The summed E-state index contributed by atoms with van der Waals surface area (Å²) < 4.78 is 1.23. The maximum Gasteiger partial charge on any atom is 0.0314 e. The highest BCUT2D eigenvalue weighted by Crippen LogP contribution is 2.24. The van der Waals surface area contributed by atoms with Gasteiger partial charge in [0.2, 0.25) is 0 Å². The molecule has 0 aromatic carbocycles. The van der Waals surface area contributed by atoms with Crippen LogP contribution in [-0.2, 0) is 12.8 Å². The number of pyridine rings is 1. The van der Waals surface area contributed by atoms with Gasteiger partial charge in [0.15, 0.2) is 0 Å². The van der Waals surface area contributed by atoms with Crippen molar-refractivity contribution in [1.82, 2.24) is 10.3 Å². The van der Waals surface area contributed by atoms with Crippen molar-refractivity contribution in [2.24, 2.45) is 0 Å². The largest absolute Gasteiger partial charge is 0.313 e. The lowest BCUT2D eigenvalue weighted by Crippen LogP contribution is -2.33. The van der Waals surface area contributed by atoms with Gasteiger partial charge in [-0.25, -0.2) is 0 Å². The van der Waals surface area contributed by atoms with E-state index in [0.29, 0.717) is 6.04 Å². The molecule has 0 spiro atoms. The molecule has 2 heterocycles. The molecule has 0 bridgehead atoms. The van der Waals surface area contributed by atoms with E-state index in [1.807, 2.05) is 29.8 Å². The van der Waals surface area contributed by atoms with Crippen molar-refractivity contribution in [1.29, 1.82) is 0 Å². The summed E-state index contributed by atoms with van der Waals surface area (Å²) in [6.07, 6.45) is 7.04. The summed E-state index contributed by atoms with van der Waals surface area (Å²) in [5.41, 5.74) is 1.30. The molecule has 2 rings (SSSR count). The van der Waals surface area contributed by atoms with E-state index in [9.17, 15) is 0 Å². The van der Waals surface area contributed by atoms with Gasteiger partial charge >= 0.3 is 0 Å². The van der Waals surface area contributed by atoms with Crippen LogP contribution in [0.5, 0.6) is 0 Å². The van der Waals surface area contributed by atoms with Crippen LogP contribution < -0.4 is 5.32 Å². The molecule has 0 aliphatic heterocycles. The predicted octanol–water partition coefficient (Wildman–Crippen LogP) is 4.06. The van der Waals surface area contributed by atoms with E-state index in [-0.39, 0.29) is 0 Å². The Bertz CT molecular complexity index is 484. The van der Waals surface area contributed by atoms with Crippen LogP contribution in [-0.4, -0.2) is 17.6 Å². The van der Waals surface area contributed by atoms with Crippen LogP contribution in [0.1, 0.15) is 23.8 Å². The molecule has 2 aromatic heterocycles. The molecular weight excluding hydrogens is 320 g/mol. The first-order chi connectivity index (χ1) is 9.29. The van der Waals surface area contributed by atoms with Crippen LogP contribution >= 0.6 is 27.3 Å². The van der Waals surface area contributed by atoms with E-state index in [2.05, 4.69) is 50.7 Å². The Morgan fingerprint density at radius 2 is 2.26 bits per heavy atom. The summed E-state index contributed by atoms with van der Waals surface area (Å²) in [6, 6.07) is 6.75. The average Bonchev–Trinajstić information content (AvgIpc) is 2.83. The number of thiophene rings is 1. The number of halogens is 1. The quantitative estimate of drug-likeness (QED) is 0.823. The summed E-state index contributed by atoms with van der Waals surface area (Å²) in [5, 5.41) is 5.78. The van der Waals surface area contributed by atoms with Crippen molar-refractivity contribution < 1.29 is 0 Å². The van der Waals surface area contributed by atoms with Crippen LogP contribution in [0.25, 0.3) is 0 Å². The van der Waals surface area contributed by atoms with Crippen LogP contribution in [0, 0.1) is 0 Å². The van der Waals surface area contributed by atoms with Crippen molar-refractivity contribution in [2.75, 3.05) is 6.54 Å². The van der Waals surface area contributed by atoms with Gasteiger partial charge in [-0.3, -0.25) is 4.98 Å². The Balaban J connectivity index is 2.01. The summed E-state index contributed by atoms with van der Waals surface area (Å²) in [5.74, 6) is 0. The minimum atomic E-state index is 0.471. The van der Waals surface area contributed by atoms with Crippen molar-refractivity contribution in [3.05, 3.63) is 50.9 Å². The minimum absolute atomic E-state index is 0.471. The lowest BCUT2D eigenvalue weighted by molar-refractivity contribution is 0.506. The lowest BCUT2D eigenvalue weighted by atomic mass is 10.0. The molecule has 1 atom stereocenters. The number of nitrogens with one attached hydrogen (secondary N) is 1. The highest BCUT2D eigenvalue weighted by molar-refractivity contribution is 9.10. The summed E-state index contributed by atoms with van der Waals surface area (Å²) >= 11 is 5.44. The molecule has 1 unspecified atom stereocenters. The van der Waals surface area contributed by atoms with Crippen molar-refractivity contribution in [3.8, 4) is 0 Å². The number of aromatic nitrogens is 1. The monoisotopic (exact) mass is 338 g/mol. The van der Waals surface area contributed by atoms with E-state index in [1.165, 1.54) is 14.9 Å². The van der Waals surface area contributed by atoms with Gasteiger partial charge in [0, 0.05) is 27.8 Å². The number of nitrogens with zero attached hydrogens (tertiary/aromatic N) is 1. The maximum atomic E-state index is 4.20. The second kappa shape index (κ2) is 7.78. The summed E-state index contributed by atoms with van der Waals surface area (Å²) in [4.78, 5) is 5.61. The molecule has 102 valence electrons. The Morgan fingerprint density at radius 3 is 2.89 bits per heavy atom. The van der Waals surface area contributed by atoms with Gasteiger partial charge in [0.1, 0.15) is 0 Å². The molecule has 0 radical (unpaired) electrons. The van der Waals surface area contributed by atoms with E-state index < -0.39 is 0 Å². The van der Waals surface area contributed by atoms with Gasteiger partial charge in [-0.05, 0) is 64.8 Å². The first-order valence-corrected chi connectivity index (χ1v) is 8.31. The third kappa shape index (κ3) is 4.71. The van der Waals surface area contributed by atoms with Gasteiger partial charge in [0.05, 0.1) is 0 Å². The third-order valence-electron chi connectivity index (χ3n) is 3.01. The third-order valence-corrected chi connectivity index (χ3v) is 4.96. The van der Waals surface area contributed by atoms with Crippen LogP contribution in [0.3, 0.4) is 0 Å². The molecule has 2 aromatic rings. The zero-order chi connectivity index (χ0) is 13.5. The fourth-order valence-corrected chi connectivity index (χ4v) is 3.66. The van der Waals surface area contributed by atoms with E-state index in [4.69, 9.17) is 0 Å². The molecule has 4 heteroatoms. The highest BCUT2D eigenvalue weighted by Gasteiger charge is 2.12. The molecule has 0 saturated carbocycles. The number of rotatable bonds is 7. The van der Waals surface area contributed by atoms with Gasteiger partial charge in [-0.2, -0.15) is 0 Å². The molecule has 0 saturated heterocycles. The molecule has 0 aliphatic carbocycles. The Morgan fingerprint density at radius 1 is 1.37 bits per heavy atom. The summed E-state index contributed by atoms with van der Waals surface area (Å²) in [7, 11) is 0. The normalized spacial score (nSPS) is 12.5. The first kappa shape index (κ1) is 14.7. The Labute approximate surface area is 127 Å². The van der Waals surface area contributed by atoms with E-state index in [0.717, 1.165) is 25.8 Å². The standard InChI is InChI=1S/C15H19BrN2S/c1-2-6-18-13(9-12-4-3-7-17-11-12)10-15-14(16)5-8-19-15/h3-5,7-8,11,13,18H,2,6,9-10H2,1H3. The Hall–Kier alpha value is -0.710. The predicted molar refractivity (Wildman–Crippen MR) is 85.7 cm³/mol. The molecule has 19 heavy (non-hydrogen) atoms. The first-order valence-electron chi connectivity index (χ1n) is 6.63. The maximum absolute atomic E-state index is 4.20. The van der Waals surface area contributed by atoms with Crippen LogP contribution in [0.15, 0.2) is 40.4 Å². The number of hydrogen-bond acceptors (Lipinski definition) is 3. The zero-order valence-corrected chi connectivity index (χ0v) is 13.5. The lowest BCUT2D eigenvalue weighted by Gasteiger charge is -2.18. The highest BCUT2D eigenvalue weighted by atomic mass is 79.9. The molecule has 1 N–H and O–H groups in total. The van der Waals surface area contributed by atoms with Crippen LogP contribution in [0.4, 0.5) is 0 Å². The van der Waals surface area contributed by atoms with Gasteiger partial charge in [0.25, 0.3) is 0 Å². The van der Waals surface area contributed by atoms with E-state index >= 15 is 0 Å². The molecule has 0 aliphatic rings. The van der Waals surface area contributed by atoms with Crippen molar-refractivity contribution in [3.63, 3.8) is 0 Å². The molecular formula is C15H19BrN2S. The number of hydrogen-bond donors (Lipinski definition) is 1. The van der Waals surface area contributed by atoms with Crippen molar-refractivity contribution >= 4 is 27.3 Å². The molecule has 0 amide bonds. The van der Waals surface area contributed by atoms with Crippen LogP contribution in [0.2, 0.25) is 0 Å². The Kier molecular flexibility index (Phi) is 6.01. The second-order valence-electron chi connectivity index (χ2n) is 4.61.